The summed E-state index contributed by atoms with van der Waals surface area (Å²) >= 11 is 0.945. The van der Waals surface area contributed by atoms with Crippen LogP contribution in [0.3, 0.4) is 0 Å². The number of nitrogens with zero attached hydrogens (tertiary/aromatic N) is 3. The molecule has 3 aromatic rings. The smallest absolute Gasteiger partial charge is 0.324 e. The lowest BCUT2D eigenvalue weighted by Gasteiger charge is -2.27. The van der Waals surface area contributed by atoms with Gasteiger partial charge in [-0.1, -0.05) is 54.2 Å². The topological polar surface area (TPSA) is 67.2 Å². The molecule has 0 aliphatic carbocycles. The summed E-state index contributed by atoms with van der Waals surface area (Å²) in [5, 5.41) is 2.89. The van der Waals surface area contributed by atoms with Crippen LogP contribution in [0.2, 0.25) is 0 Å². The number of carbonyl (C=O) groups excluding carboxylic acids is 2. The molecular formula is C23H21F3N4O2S. The maximum absolute atomic E-state index is 13.3. The van der Waals surface area contributed by atoms with Crippen molar-refractivity contribution in [1.29, 1.82) is 0 Å². The van der Waals surface area contributed by atoms with E-state index in [9.17, 15) is 22.8 Å². The van der Waals surface area contributed by atoms with E-state index in [0.717, 1.165) is 16.3 Å². The average Bonchev–Trinajstić information content (AvgIpc) is 3.08. The summed E-state index contributed by atoms with van der Waals surface area (Å²) in [4.78, 5) is 31.0. The molecule has 1 aliphatic rings. The van der Waals surface area contributed by atoms with Crippen LogP contribution >= 0.6 is 11.8 Å². The Hall–Kier alpha value is -3.27. The highest BCUT2D eigenvalue weighted by atomic mass is 32.2. The number of benzene rings is 2. The standard InChI is InChI=1S/C23H21F3N4O2S/c1-15-11-20(31)28-17-9-5-6-10-18(17)30(15)21(32)13-33-22-27-12-19(16-7-3-2-4-8-16)29(22)14-23(24,25)26/h2-10,12,15H,11,13-14H2,1H3,(H,28,31). The van der Waals surface area contributed by atoms with Crippen LogP contribution in [0.5, 0.6) is 0 Å². The molecule has 1 N–H and O–H groups in total. The number of anilines is 2. The van der Waals surface area contributed by atoms with Crippen LogP contribution in [-0.4, -0.2) is 39.3 Å². The van der Waals surface area contributed by atoms with Crippen LogP contribution in [0.15, 0.2) is 66.0 Å². The van der Waals surface area contributed by atoms with Crippen molar-refractivity contribution in [1.82, 2.24) is 9.55 Å². The Balaban J connectivity index is 1.60. The second-order valence-corrected chi connectivity index (χ2v) is 8.61. The summed E-state index contributed by atoms with van der Waals surface area (Å²) in [6, 6.07) is 15.2. The minimum Gasteiger partial charge on any atom is -0.324 e. The number of amides is 2. The largest absolute Gasteiger partial charge is 0.406 e. The molecule has 6 nitrogen and oxygen atoms in total. The monoisotopic (exact) mass is 474 g/mol. The van der Waals surface area contributed by atoms with Gasteiger partial charge in [0.1, 0.15) is 6.54 Å². The second kappa shape index (κ2) is 9.30. The van der Waals surface area contributed by atoms with Gasteiger partial charge in [-0.15, -0.1) is 0 Å². The molecular weight excluding hydrogens is 453 g/mol. The van der Waals surface area contributed by atoms with Gasteiger partial charge in [-0.05, 0) is 24.6 Å². The molecule has 0 fully saturated rings. The maximum Gasteiger partial charge on any atom is 0.406 e. The number of fused-ring (bicyclic) bond motifs is 1. The lowest BCUT2D eigenvalue weighted by atomic mass is 10.2. The predicted molar refractivity (Wildman–Crippen MR) is 121 cm³/mol. The van der Waals surface area contributed by atoms with Crippen molar-refractivity contribution in [3.8, 4) is 11.3 Å². The average molecular weight is 475 g/mol. The molecule has 4 rings (SSSR count). The number of nitrogens with one attached hydrogen (secondary N) is 1. The van der Waals surface area contributed by atoms with Crippen molar-refractivity contribution in [3.63, 3.8) is 0 Å². The third kappa shape index (κ3) is 5.22. The van der Waals surface area contributed by atoms with E-state index in [4.69, 9.17) is 0 Å². The predicted octanol–water partition coefficient (Wildman–Crippen LogP) is 4.97. The van der Waals surface area contributed by atoms with E-state index >= 15 is 0 Å². The van der Waals surface area contributed by atoms with Gasteiger partial charge in [-0.2, -0.15) is 13.2 Å². The number of rotatable bonds is 5. The fourth-order valence-electron chi connectivity index (χ4n) is 3.81. The molecule has 1 atom stereocenters. The van der Waals surface area contributed by atoms with Gasteiger partial charge in [0.05, 0.1) is 29.0 Å². The molecule has 33 heavy (non-hydrogen) atoms. The van der Waals surface area contributed by atoms with Crippen LogP contribution in [0.25, 0.3) is 11.3 Å². The molecule has 0 saturated heterocycles. The highest BCUT2D eigenvalue weighted by Gasteiger charge is 2.32. The summed E-state index contributed by atoms with van der Waals surface area (Å²) in [7, 11) is 0. The lowest BCUT2D eigenvalue weighted by molar-refractivity contribution is -0.141. The lowest BCUT2D eigenvalue weighted by Crippen LogP contribution is -2.40. The number of halogens is 3. The summed E-state index contributed by atoms with van der Waals surface area (Å²) in [6.07, 6.45) is -2.94. The number of hydrogen-bond acceptors (Lipinski definition) is 4. The molecule has 1 aromatic heterocycles. The second-order valence-electron chi connectivity index (χ2n) is 7.66. The quantitative estimate of drug-likeness (QED) is 0.531. The third-order valence-electron chi connectivity index (χ3n) is 5.18. The molecule has 1 unspecified atom stereocenters. The van der Waals surface area contributed by atoms with Crippen molar-refractivity contribution in [2.24, 2.45) is 0 Å². The fraction of sp³-hybridized carbons (Fsp3) is 0.261. The van der Waals surface area contributed by atoms with Gasteiger partial charge in [0, 0.05) is 12.5 Å². The van der Waals surface area contributed by atoms with Crippen molar-refractivity contribution < 1.29 is 22.8 Å². The van der Waals surface area contributed by atoms with Crippen molar-refractivity contribution >= 4 is 35.0 Å². The Morgan fingerprint density at radius 3 is 2.58 bits per heavy atom. The van der Waals surface area contributed by atoms with Gasteiger partial charge in [0.25, 0.3) is 0 Å². The van der Waals surface area contributed by atoms with Gasteiger partial charge in [0.15, 0.2) is 5.16 Å². The molecule has 0 spiro atoms. The highest BCUT2D eigenvalue weighted by Crippen LogP contribution is 2.34. The van der Waals surface area contributed by atoms with E-state index in [0.29, 0.717) is 22.6 Å². The molecule has 172 valence electrons. The van der Waals surface area contributed by atoms with Crippen molar-refractivity contribution in [2.45, 2.75) is 37.3 Å². The molecule has 2 heterocycles. The third-order valence-corrected chi connectivity index (χ3v) is 6.15. The van der Waals surface area contributed by atoms with Gasteiger partial charge in [0.2, 0.25) is 11.8 Å². The number of aromatic nitrogens is 2. The number of carbonyl (C=O) groups is 2. The molecule has 0 bridgehead atoms. The minimum atomic E-state index is -4.45. The van der Waals surface area contributed by atoms with Crippen LogP contribution in [-0.2, 0) is 16.1 Å². The Morgan fingerprint density at radius 1 is 1.15 bits per heavy atom. The molecule has 0 radical (unpaired) electrons. The number of alkyl halides is 3. The van der Waals surface area contributed by atoms with Crippen molar-refractivity contribution in [3.05, 3.63) is 60.8 Å². The molecule has 1 aliphatic heterocycles. The first kappa shape index (κ1) is 22.9. The van der Waals surface area contributed by atoms with E-state index in [1.54, 1.807) is 61.5 Å². The van der Waals surface area contributed by atoms with Crippen LogP contribution < -0.4 is 10.2 Å². The van der Waals surface area contributed by atoms with Gasteiger partial charge < -0.3 is 14.8 Å². The first-order valence-corrected chi connectivity index (χ1v) is 11.2. The van der Waals surface area contributed by atoms with E-state index in [1.165, 1.54) is 11.1 Å². The van der Waals surface area contributed by atoms with E-state index < -0.39 is 18.8 Å². The zero-order valence-corrected chi connectivity index (χ0v) is 18.5. The van der Waals surface area contributed by atoms with Crippen LogP contribution in [0.1, 0.15) is 13.3 Å². The van der Waals surface area contributed by atoms with Gasteiger partial charge in [-0.25, -0.2) is 4.98 Å². The van der Waals surface area contributed by atoms with Gasteiger partial charge in [-0.3, -0.25) is 9.59 Å². The maximum atomic E-state index is 13.3. The van der Waals surface area contributed by atoms with Crippen LogP contribution in [0.4, 0.5) is 24.5 Å². The Kier molecular flexibility index (Phi) is 6.46. The summed E-state index contributed by atoms with van der Waals surface area (Å²) in [6.45, 7) is 0.553. The minimum absolute atomic E-state index is 0.101. The van der Waals surface area contributed by atoms with E-state index in [-0.39, 0.29) is 29.1 Å². The number of thioether (sulfide) groups is 1. The Morgan fingerprint density at radius 2 is 1.85 bits per heavy atom. The Labute approximate surface area is 192 Å². The highest BCUT2D eigenvalue weighted by molar-refractivity contribution is 7.99. The summed E-state index contributed by atoms with van der Waals surface area (Å²) < 4.78 is 41.0. The SMILES string of the molecule is CC1CC(=O)Nc2ccccc2N1C(=O)CSc1ncc(-c2ccccc2)n1CC(F)(F)F. The molecule has 2 amide bonds. The van der Waals surface area contributed by atoms with Gasteiger partial charge >= 0.3 is 6.18 Å². The number of para-hydroxylation sites is 2. The number of imidazole rings is 1. The van der Waals surface area contributed by atoms with E-state index in [2.05, 4.69) is 10.3 Å². The zero-order valence-electron chi connectivity index (χ0n) is 17.7. The molecule has 2 aromatic carbocycles. The molecule has 10 heteroatoms. The van der Waals surface area contributed by atoms with Crippen LogP contribution in [0, 0.1) is 0 Å². The molecule has 0 saturated carbocycles. The fourth-order valence-corrected chi connectivity index (χ4v) is 4.65. The summed E-state index contributed by atoms with van der Waals surface area (Å²) in [5.41, 5.74) is 2.01. The number of hydrogen-bond donors (Lipinski definition) is 1. The first-order valence-electron chi connectivity index (χ1n) is 10.2. The first-order chi connectivity index (χ1) is 15.7. The Bertz CT molecular complexity index is 1160. The zero-order chi connectivity index (χ0) is 23.6. The van der Waals surface area contributed by atoms with E-state index in [1.807, 2.05) is 0 Å². The van der Waals surface area contributed by atoms with Crippen molar-refractivity contribution in [2.75, 3.05) is 16.0 Å². The summed E-state index contributed by atoms with van der Waals surface area (Å²) in [5.74, 6) is -0.652. The normalized spacial score (nSPS) is 16.2.